The van der Waals surface area contributed by atoms with Crippen LogP contribution < -0.4 is 5.32 Å². The van der Waals surface area contributed by atoms with Gasteiger partial charge in [-0.05, 0) is 47.1 Å². The first-order valence-corrected chi connectivity index (χ1v) is 6.54. The predicted octanol–water partition coefficient (Wildman–Crippen LogP) is 3.10. The number of para-hydroxylation sites is 1. The number of hydrogen-bond acceptors (Lipinski definition) is 3. The normalized spacial score (nSPS) is 10.1. The van der Waals surface area contributed by atoms with Crippen molar-refractivity contribution in [2.75, 3.05) is 5.32 Å². The molecule has 2 N–H and O–H groups in total. The number of aromatic nitrogens is 1. The molecule has 20 heavy (non-hydrogen) atoms. The molecule has 6 heteroatoms. The minimum atomic E-state index is -1.10. The third-order valence-corrected chi connectivity index (χ3v) is 3.30. The molecule has 1 heterocycles. The first kappa shape index (κ1) is 14.2. The van der Waals surface area contributed by atoms with Crippen molar-refractivity contribution in [2.45, 2.75) is 6.92 Å². The van der Waals surface area contributed by atoms with Crippen LogP contribution in [0.5, 0.6) is 0 Å². The molecule has 1 aromatic carbocycles. The molecule has 0 unspecified atom stereocenters. The lowest BCUT2D eigenvalue weighted by Gasteiger charge is -2.10. The zero-order valence-corrected chi connectivity index (χ0v) is 12.1. The van der Waals surface area contributed by atoms with E-state index in [-0.39, 0.29) is 17.2 Å². The molecule has 1 amide bonds. The maximum absolute atomic E-state index is 12.1. The number of carbonyl (C=O) groups is 2. The molecule has 2 rings (SSSR count). The Labute approximate surface area is 123 Å². The predicted molar refractivity (Wildman–Crippen MR) is 78.0 cm³/mol. The fourth-order valence-corrected chi connectivity index (χ4v) is 2.17. The smallest absolute Gasteiger partial charge is 0.337 e. The molecule has 0 aliphatic rings. The molecule has 5 nitrogen and oxygen atoms in total. The van der Waals surface area contributed by atoms with E-state index in [1.54, 1.807) is 31.2 Å². The Hall–Kier alpha value is -2.21. The van der Waals surface area contributed by atoms with Crippen LogP contribution in [0.3, 0.4) is 0 Å². The van der Waals surface area contributed by atoms with Crippen molar-refractivity contribution in [2.24, 2.45) is 0 Å². The third-order valence-electron chi connectivity index (χ3n) is 2.64. The van der Waals surface area contributed by atoms with Crippen LogP contribution in [0.2, 0.25) is 0 Å². The molecular weight excluding hydrogens is 324 g/mol. The first-order chi connectivity index (χ1) is 9.49. The first-order valence-electron chi connectivity index (χ1n) is 5.75. The zero-order valence-electron chi connectivity index (χ0n) is 10.6. The molecule has 0 aliphatic carbocycles. The van der Waals surface area contributed by atoms with Crippen LogP contribution in [-0.4, -0.2) is 22.0 Å². The molecule has 1 aromatic heterocycles. The van der Waals surface area contributed by atoms with Gasteiger partial charge in [-0.15, -0.1) is 0 Å². The van der Waals surface area contributed by atoms with Crippen LogP contribution >= 0.6 is 15.9 Å². The maximum Gasteiger partial charge on any atom is 0.337 e. The summed E-state index contributed by atoms with van der Waals surface area (Å²) in [6.07, 6.45) is 1.53. The summed E-state index contributed by atoms with van der Waals surface area (Å²) < 4.78 is 0.511. The van der Waals surface area contributed by atoms with Gasteiger partial charge in [-0.3, -0.25) is 9.78 Å². The second-order valence-corrected chi connectivity index (χ2v) is 4.96. The van der Waals surface area contributed by atoms with Gasteiger partial charge in [0.15, 0.2) is 0 Å². The Balaban J connectivity index is 2.35. The standard InChI is InChI=1S/C14H11BrN2O3/c1-8-7-9(5-6-16-8)13(18)17-12-10(14(19)20)3-2-4-11(12)15/h2-7H,1H3,(H,17,18)(H,19,20). The van der Waals surface area contributed by atoms with E-state index in [1.165, 1.54) is 12.3 Å². The van der Waals surface area contributed by atoms with Crippen LogP contribution in [0.1, 0.15) is 26.4 Å². The molecule has 0 fully saturated rings. The number of anilines is 1. The Morgan fingerprint density at radius 2 is 2.05 bits per heavy atom. The van der Waals surface area contributed by atoms with E-state index in [9.17, 15) is 9.59 Å². The third kappa shape index (κ3) is 3.03. The number of rotatable bonds is 3. The molecule has 0 radical (unpaired) electrons. The van der Waals surface area contributed by atoms with Gasteiger partial charge in [0.05, 0.1) is 11.3 Å². The molecule has 0 aliphatic heterocycles. The maximum atomic E-state index is 12.1. The van der Waals surface area contributed by atoms with Crippen LogP contribution in [0.15, 0.2) is 41.0 Å². The Morgan fingerprint density at radius 1 is 1.30 bits per heavy atom. The number of halogens is 1. The highest BCUT2D eigenvalue weighted by Gasteiger charge is 2.16. The van der Waals surface area contributed by atoms with Crippen LogP contribution in [0.25, 0.3) is 0 Å². The highest BCUT2D eigenvalue weighted by molar-refractivity contribution is 9.10. The lowest BCUT2D eigenvalue weighted by Crippen LogP contribution is -2.15. The van der Waals surface area contributed by atoms with Gasteiger partial charge in [0.1, 0.15) is 0 Å². The number of carbonyl (C=O) groups excluding carboxylic acids is 1. The van der Waals surface area contributed by atoms with Gasteiger partial charge >= 0.3 is 5.97 Å². The Morgan fingerprint density at radius 3 is 2.70 bits per heavy atom. The number of benzene rings is 1. The van der Waals surface area contributed by atoms with Gasteiger partial charge in [-0.2, -0.15) is 0 Å². The lowest BCUT2D eigenvalue weighted by atomic mass is 10.1. The summed E-state index contributed by atoms with van der Waals surface area (Å²) in [6, 6.07) is 7.90. The van der Waals surface area contributed by atoms with Crippen LogP contribution in [-0.2, 0) is 0 Å². The van der Waals surface area contributed by atoms with Crippen molar-refractivity contribution in [3.8, 4) is 0 Å². The van der Waals surface area contributed by atoms with Gasteiger partial charge in [0, 0.05) is 21.9 Å². The van der Waals surface area contributed by atoms with Crippen molar-refractivity contribution in [1.82, 2.24) is 4.98 Å². The summed E-state index contributed by atoms with van der Waals surface area (Å²) in [5, 5.41) is 11.7. The molecule has 0 bridgehead atoms. The van der Waals surface area contributed by atoms with Gasteiger partial charge < -0.3 is 10.4 Å². The van der Waals surface area contributed by atoms with Gasteiger partial charge in [0.2, 0.25) is 0 Å². The lowest BCUT2D eigenvalue weighted by molar-refractivity contribution is 0.0698. The van der Waals surface area contributed by atoms with E-state index in [4.69, 9.17) is 5.11 Å². The summed E-state index contributed by atoms with van der Waals surface area (Å²) in [5.74, 6) is -1.49. The number of hydrogen-bond donors (Lipinski definition) is 2. The molecule has 0 saturated heterocycles. The van der Waals surface area contributed by atoms with Crippen molar-refractivity contribution >= 4 is 33.5 Å². The molecular formula is C14H11BrN2O3. The van der Waals surface area contributed by atoms with Gasteiger partial charge in [0.25, 0.3) is 5.91 Å². The van der Waals surface area contributed by atoms with E-state index in [1.807, 2.05) is 0 Å². The number of carboxylic acids is 1. The van der Waals surface area contributed by atoms with E-state index in [2.05, 4.69) is 26.2 Å². The zero-order chi connectivity index (χ0) is 14.7. The minimum absolute atomic E-state index is 0.0264. The summed E-state index contributed by atoms with van der Waals surface area (Å²) in [5.41, 5.74) is 1.39. The van der Waals surface area contributed by atoms with E-state index in [0.29, 0.717) is 15.7 Å². The molecule has 0 saturated carbocycles. The average molecular weight is 335 g/mol. The van der Waals surface area contributed by atoms with Crippen molar-refractivity contribution in [3.05, 3.63) is 57.8 Å². The summed E-state index contributed by atoms with van der Waals surface area (Å²) in [4.78, 5) is 27.3. The highest BCUT2D eigenvalue weighted by Crippen LogP contribution is 2.27. The summed E-state index contributed by atoms with van der Waals surface area (Å²) in [7, 11) is 0. The number of nitrogens with one attached hydrogen (secondary N) is 1. The number of amides is 1. The van der Waals surface area contributed by atoms with E-state index < -0.39 is 5.97 Å². The second kappa shape index (κ2) is 5.83. The SMILES string of the molecule is Cc1cc(C(=O)Nc2c(Br)cccc2C(=O)O)ccn1. The minimum Gasteiger partial charge on any atom is -0.478 e. The highest BCUT2D eigenvalue weighted by atomic mass is 79.9. The topological polar surface area (TPSA) is 79.3 Å². The number of aromatic carboxylic acids is 1. The van der Waals surface area contributed by atoms with Crippen LogP contribution in [0, 0.1) is 6.92 Å². The van der Waals surface area contributed by atoms with E-state index in [0.717, 1.165) is 0 Å². The molecule has 102 valence electrons. The largest absolute Gasteiger partial charge is 0.478 e. The number of aryl methyl sites for hydroxylation is 1. The second-order valence-electron chi connectivity index (χ2n) is 4.11. The van der Waals surface area contributed by atoms with Crippen molar-refractivity contribution in [1.29, 1.82) is 0 Å². The quantitative estimate of drug-likeness (QED) is 0.903. The molecule has 0 spiro atoms. The number of nitrogens with zero attached hydrogens (tertiary/aromatic N) is 1. The van der Waals surface area contributed by atoms with E-state index >= 15 is 0 Å². The number of pyridine rings is 1. The number of carboxylic acid groups (broad SMARTS) is 1. The summed E-state index contributed by atoms with van der Waals surface area (Å²) in [6.45, 7) is 1.78. The molecule has 2 aromatic rings. The van der Waals surface area contributed by atoms with Crippen LogP contribution in [0.4, 0.5) is 5.69 Å². The average Bonchev–Trinajstić information content (AvgIpc) is 2.40. The Bertz CT molecular complexity index is 686. The summed E-state index contributed by atoms with van der Waals surface area (Å²) >= 11 is 3.24. The van der Waals surface area contributed by atoms with Crippen molar-refractivity contribution in [3.63, 3.8) is 0 Å². The monoisotopic (exact) mass is 334 g/mol. The van der Waals surface area contributed by atoms with Gasteiger partial charge in [-0.1, -0.05) is 6.07 Å². The van der Waals surface area contributed by atoms with Gasteiger partial charge in [-0.25, -0.2) is 4.79 Å². The Kier molecular flexibility index (Phi) is 4.14. The molecule has 0 atom stereocenters. The fourth-order valence-electron chi connectivity index (χ4n) is 1.70. The fraction of sp³-hybridized carbons (Fsp3) is 0.0714. The van der Waals surface area contributed by atoms with Crippen molar-refractivity contribution < 1.29 is 14.7 Å².